The maximum absolute atomic E-state index is 13.4. The molecule has 0 atom stereocenters. The second kappa shape index (κ2) is 10.0. The van der Waals surface area contributed by atoms with Gasteiger partial charge < -0.3 is 20.3 Å². The fraction of sp³-hybridized carbons (Fsp3) is 0.414. The molecule has 0 aliphatic heterocycles. The van der Waals surface area contributed by atoms with E-state index in [-0.39, 0.29) is 36.2 Å². The monoisotopic (exact) mass is 515 g/mol. The molecule has 2 aliphatic carbocycles. The van der Waals surface area contributed by atoms with Gasteiger partial charge in [0.25, 0.3) is 5.56 Å². The zero-order valence-corrected chi connectivity index (χ0v) is 21.6. The molecule has 2 aliphatic rings. The van der Waals surface area contributed by atoms with Gasteiger partial charge in [-0.15, -0.1) is 0 Å². The fourth-order valence-corrected chi connectivity index (χ4v) is 5.87. The summed E-state index contributed by atoms with van der Waals surface area (Å²) in [5.41, 5.74) is 9.27. The van der Waals surface area contributed by atoms with Crippen LogP contribution in [0.15, 0.2) is 47.3 Å². The van der Waals surface area contributed by atoms with E-state index in [9.17, 15) is 14.4 Å². The van der Waals surface area contributed by atoms with Gasteiger partial charge in [0.1, 0.15) is 11.5 Å². The molecule has 1 amide bonds. The van der Waals surface area contributed by atoms with Gasteiger partial charge in [0.15, 0.2) is 0 Å². The largest absolute Gasteiger partial charge is 0.481 e. The minimum atomic E-state index is -0.964. The fourth-order valence-electron chi connectivity index (χ4n) is 5.87. The Kier molecular flexibility index (Phi) is 6.77. The van der Waals surface area contributed by atoms with Crippen LogP contribution in [0.1, 0.15) is 73.8 Å². The van der Waals surface area contributed by atoms with Gasteiger partial charge in [-0.1, -0.05) is 43.2 Å². The van der Waals surface area contributed by atoms with Crippen LogP contribution in [0.2, 0.25) is 0 Å². The van der Waals surface area contributed by atoms with Crippen molar-refractivity contribution in [1.29, 1.82) is 5.41 Å². The lowest BCUT2D eigenvalue weighted by Crippen LogP contribution is -2.46. The Bertz CT molecular complexity index is 1470. The van der Waals surface area contributed by atoms with Crippen LogP contribution in [0.25, 0.3) is 11.0 Å². The first-order valence-electron chi connectivity index (χ1n) is 13.2. The van der Waals surface area contributed by atoms with Gasteiger partial charge in [0.05, 0.1) is 23.0 Å². The Hall–Kier alpha value is -4.01. The molecule has 2 aromatic carbocycles. The molecule has 9 nitrogen and oxygen atoms in total. The van der Waals surface area contributed by atoms with Crippen LogP contribution in [0.5, 0.6) is 0 Å². The molecule has 0 unspecified atom stereocenters. The molecule has 0 spiro atoms. The lowest BCUT2D eigenvalue weighted by atomic mass is 9.98. The molecule has 9 heteroatoms. The highest BCUT2D eigenvalue weighted by Gasteiger charge is 2.53. The molecule has 3 aromatic rings. The number of carbonyl (C=O) groups is 2. The van der Waals surface area contributed by atoms with Crippen molar-refractivity contribution in [3.8, 4) is 0 Å². The molecule has 38 heavy (non-hydrogen) atoms. The number of carboxylic acid groups (broad SMARTS) is 1. The predicted molar refractivity (Wildman–Crippen MR) is 144 cm³/mol. The Labute approximate surface area is 220 Å². The van der Waals surface area contributed by atoms with Crippen LogP contribution in [0, 0.1) is 5.41 Å². The zero-order valence-electron chi connectivity index (χ0n) is 21.6. The Morgan fingerprint density at radius 3 is 2.42 bits per heavy atom. The van der Waals surface area contributed by atoms with Crippen LogP contribution >= 0.6 is 0 Å². The van der Waals surface area contributed by atoms with E-state index in [1.54, 1.807) is 23.7 Å². The zero-order chi connectivity index (χ0) is 27.0. The van der Waals surface area contributed by atoms with Crippen molar-refractivity contribution in [2.45, 2.75) is 69.4 Å². The minimum Gasteiger partial charge on any atom is -0.481 e. The molecule has 1 aromatic heterocycles. The normalized spacial score (nSPS) is 16.4. The molecule has 2 fully saturated rings. The summed E-state index contributed by atoms with van der Waals surface area (Å²) in [6, 6.07) is 13.2. The Balaban J connectivity index is 1.50. The van der Waals surface area contributed by atoms with Gasteiger partial charge >= 0.3 is 5.97 Å². The van der Waals surface area contributed by atoms with Crippen molar-refractivity contribution in [3.05, 3.63) is 75.2 Å². The van der Waals surface area contributed by atoms with Gasteiger partial charge in [-0.05, 0) is 48.9 Å². The van der Waals surface area contributed by atoms with Crippen molar-refractivity contribution >= 4 is 28.7 Å². The van der Waals surface area contributed by atoms with Crippen molar-refractivity contribution in [1.82, 2.24) is 14.5 Å². The average Bonchev–Trinajstić information content (AvgIpc) is 3.51. The number of fused-ring (bicyclic) bond motifs is 1. The number of hydrogen-bond donors (Lipinski definition) is 3. The molecule has 0 saturated heterocycles. The number of nitrogens with two attached hydrogens (primary N) is 1. The first kappa shape index (κ1) is 25.6. The number of aromatic nitrogens is 2. The third kappa shape index (κ3) is 4.80. The van der Waals surface area contributed by atoms with E-state index in [1.165, 1.54) is 0 Å². The lowest BCUT2D eigenvalue weighted by molar-refractivity contribution is -0.143. The second-order valence-electron chi connectivity index (χ2n) is 10.5. The van der Waals surface area contributed by atoms with Crippen molar-refractivity contribution in [2.24, 2.45) is 12.8 Å². The van der Waals surface area contributed by atoms with Gasteiger partial charge in [-0.2, -0.15) is 0 Å². The number of amidine groups is 1. The number of aliphatic carboxylic acids is 1. The number of benzene rings is 2. The number of carbonyl (C=O) groups excluding carboxylic acids is 1. The number of aryl methyl sites for hydroxylation is 1. The lowest BCUT2D eigenvalue weighted by Gasteiger charge is -2.38. The molecule has 0 bridgehead atoms. The highest BCUT2D eigenvalue weighted by molar-refractivity contribution is 5.94. The summed E-state index contributed by atoms with van der Waals surface area (Å²) in [5.74, 6) is -1.07. The van der Waals surface area contributed by atoms with Crippen LogP contribution in [-0.4, -0.2) is 43.3 Å². The third-order valence-electron chi connectivity index (χ3n) is 8.01. The number of nitrogens with zero attached hydrogens (tertiary/aromatic N) is 3. The number of nitrogens with one attached hydrogen (secondary N) is 1. The topological polar surface area (TPSA) is 142 Å². The summed E-state index contributed by atoms with van der Waals surface area (Å²) in [6.07, 6.45) is 5.85. The van der Waals surface area contributed by atoms with Gasteiger partial charge in [0.2, 0.25) is 5.91 Å². The van der Waals surface area contributed by atoms with E-state index in [2.05, 4.69) is 0 Å². The molecule has 1 heterocycles. The summed E-state index contributed by atoms with van der Waals surface area (Å²) >= 11 is 0. The molecule has 0 radical (unpaired) electrons. The molecule has 2 saturated carbocycles. The number of rotatable bonds is 9. The van der Waals surface area contributed by atoms with E-state index < -0.39 is 11.5 Å². The van der Waals surface area contributed by atoms with Crippen molar-refractivity contribution in [3.63, 3.8) is 0 Å². The number of hydrogen-bond acceptors (Lipinski definition) is 5. The summed E-state index contributed by atoms with van der Waals surface area (Å²) in [7, 11) is 1.74. The van der Waals surface area contributed by atoms with Gasteiger partial charge in [-0.25, -0.2) is 4.98 Å². The van der Waals surface area contributed by atoms with E-state index in [0.29, 0.717) is 23.2 Å². The highest BCUT2D eigenvalue weighted by atomic mass is 16.4. The number of carboxylic acids is 1. The molecule has 4 N–H and O–H groups in total. The summed E-state index contributed by atoms with van der Waals surface area (Å²) in [4.78, 5) is 44.4. The number of nitrogen functional groups attached to an aromatic ring is 1. The van der Waals surface area contributed by atoms with Crippen LogP contribution in [-0.2, 0) is 28.6 Å². The summed E-state index contributed by atoms with van der Waals surface area (Å²) in [6.45, 7) is 0. The highest BCUT2D eigenvalue weighted by Crippen LogP contribution is 2.54. The van der Waals surface area contributed by atoms with E-state index >= 15 is 0 Å². The standard InChI is InChI=1S/C29H33N5O4/c1-33-24-11-10-20(29(14-15-29)34(21-4-2-3-5-21)25(35)12-13-26(36)37)17-22(24)32-23(28(33)38)16-18-6-8-19(9-7-18)27(30)31/h6-11,17,21H,2-5,12-16H2,1H3,(H3,30,31)(H,36,37). The predicted octanol–water partition coefficient (Wildman–Crippen LogP) is 3.43. The van der Waals surface area contributed by atoms with Gasteiger partial charge in [0, 0.05) is 31.5 Å². The van der Waals surface area contributed by atoms with Crippen LogP contribution < -0.4 is 11.3 Å². The smallest absolute Gasteiger partial charge is 0.303 e. The third-order valence-corrected chi connectivity index (χ3v) is 8.01. The summed E-state index contributed by atoms with van der Waals surface area (Å²) in [5, 5.41) is 16.7. The maximum atomic E-state index is 13.4. The summed E-state index contributed by atoms with van der Waals surface area (Å²) < 4.78 is 1.61. The molecular formula is C29H33N5O4. The van der Waals surface area contributed by atoms with Crippen molar-refractivity contribution < 1.29 is 14.7 Å². The van der Waals surface area contributed by atoms with Gasteiger partial charge in [-0.3, -0.25) is 19.8 Å². The quantitative estimate of drug-likeness (QED) is 0.294. The molecular weight excluding hydrogens is 482 g/mol. The minimum absolute atomic E-state index is 0.000479. The molecule has 5 rings (SSSR count). The second-order valence-corrected chi connectivity index (χ2v) is 10.5. The van der Waals surface area contributed by atoms with E-state index in [0.717, 1.165) is 55.2 Å². The first-order valence-corrected chi connectivity index (χ1v) is 13.2. The van der Waals surface area contributed by atoms with E-state index in [4.69, 9.17) is 21.2 Å². The van der Waals surface area contributed by atoms with Crippen LogP contribution in [0.4, 0.5) is 0 Å². The Morgan fingerprint density at radius 1 is 1.13 bits per heavy atom. The SMILES string of the molecule is Cn1c(=O)c(Cc2ccc(C(=N)N)cc2)nc2cc(C3(N(C(=O)CCC(=O)O)C4CCCC4)CC3)ccc21. The number of amides is 1. The van der Waals surface area contributed by atoms with Crippen molar-refractivity contribution in [2.75, 3.05) is 0 Å². The molecule has 198 valence electrons. The first-order chi connectivity index (χ1) is 18.2. The van der Waals surface area contributed by atoms with Crippen LogP contribution in [0.3, 0.4) is 0 Å². The Morgan fingerprint density at radius 2 is 1.82 bits per heavy atom. The van der Waals surface area contributed by atoms with E-state index in [1.807, 2.05) is 35.2 Å². The maximum Gasteiger partial charge on any atom is 0.303 e. The average molecular weight is 516 g/mol.